The number of rotatable bonds is 8. The summed E-state index contributed by atoms with van der Waals surface area (Å²) in [6, 6.07) is 8.70. The van der Waals surface area contributed by atoms with Gasteiger partial charge in [-0.2, -0.15) is 132 Å². The number of ether oxygens (including phenoxy) is 1. The summed E-state index contributed by atoms with van der Waals surface area (Å²) >= 11 is 5.94. The minimum Gasteiger partial charge on any atom is -0.434 e. The third-order valence-electron chi connectivity index (χ3n) is 11.4. The van der Waals surface area contributed by atoms with Crippen LogP contribution in [0, 0.1) is 0 Å². The molecule has 1 aromatic heterocycles. The first kappa shape index (κ1) is 60.1. The van der Waals surface area contributed by atoms with E-state index in [2.05, 4.69) is 17.1 Å². The summed E-state index contributed by atoms with van der Waals surface area (Å²) in [6.45, 7) is 0.773. The van der Waals surface area contributed by atoms with Crippen LogP contribution in [0.4, 0.5) is 105 Å². The SMILES string of the molecule is Clc1cccc(Oc2c[n+](Cc3ccccc3)ccn2)c1.FC(F)(F)c1cc([B-](c2cc(C(F)(F)F)cc(C(F)(F)F)c2)(c2cc(C(F)(F)F)cc(C(F)(F)F)c2)c2cc(C(F)(F)F)cc(C(F)(F)F)c2)cc(C(F)(F)F)c1. The van der Waals surface area contributed by atoms with Crippen molar-refractivity contribution >= 4 is 39.6 Å². The van der Waals surface area contributed by atoms with Crippen molar-refractivity contribution in [2.75, 3.05) is 0 Å². The number of halogens is 25. The second-order valence-corrected chi connectivity index (χ2v) is 17.3. The van der Waals surface area contributed by atoms with E-state index in [4.69, 9.17) is 16.3 Å². The van der Waals surface area contributed by atoms with Gasteiger partial charge in [0.1, 0.15) is 11.9 Å². The Balaban J connectivity index is 0.000000387. The quantitative estimate of drug-likeness (QED) is 0.0861. The van der Waals surface area contributed by atoms with Crippen LogP contribution < -0.4 is 31.2 Å². The van der Waals surface area contributed by atoms with Gasteiger partial charge in [-0.05, 0) is 42.5 Å². The third kappa shape index (κ3) is 14.3. The molecule has 0 aliphatic carbocycles. The number of hydrogen-bond acceptors (Lipinski definition) is 2. The van der Waals surface area contributed by atoms with Crippen molar-refractivity contribution in [3.8, 4) is 11.6 Å². The lowest BCUT2D eigenvalue weighted by Crippen LogP contribution is -2.75. The van der Waals surface area contributed by atoms with Gasteiger partial charge in [0.25, 0.3) is 5.88 Å². The second kappa shape index (κ2) is 21.3. The van der Waals surface area contributed by atoms with E-state index in [0.717, 1.165) is 6.54 Å². The standard InChI is InChI=1S/C32H12BF24.C17H14ClN2O/c34-25(35,36)13-1-14(26(37,38)39)6-21(5-13)33(22-7-15(27(40,41)42)2-16(8-22)28(43,44)45,23-9-17(29(46,47)48)3-18(10-23)30(49,50)51)24-11-19(31(52,53)54)4-20(12-24)32(55,56)57;18-15-7-4-8-16(11-15)21-17-13-20(10-9-19-17)12-14-5-2-1-3-6-14/h1-12H;1-11,13H,12H2/q-1;+1. The zero-order valence-corrected chi connectivity index (χ0v) is 38.6. The summed E-state index contributed by atoms with van der Waals surface area (Å²) in [5, 5.41) is 0.639. The fraction of sp³-hybridized carbons (Fsp3) is 0.184. The molecule has 0 saturated heterocycles. The molecular weight excluding hydrogens is 1130 g/mol. The molecule has 0 fully saturated rings. The number of alkyl halides is 24. The zero-order chi connectivity index (χ0) is 58.4. The first-order valence-electron chi connectivity index (χ1n) is 21.2. The van der Waals surface area contributed by atoms with Crippen LogP contribution in [0.15, 0.2) is 146 Å². The Morgan fingerprint density at radius 1 is 0.385 bits per heavy atom. The van der Waals surface area contributed by atoms with E-state index < -0.39 is 195 Å². The van der Waals surface area contributed by atoms with Crippen molar-refractivity contribution in [2.45, 2.75) is 56.0 Å². The van der Waals surface area contributed by atoms with Crippen LogP contribution in [-0.2, 0) is 56.0 Å². The summed E-state index contributed by atoms with van der Waals surface area (Å²) in [6.07, 6.45) is -49.3. The molecule has 0 atom stereocenters. The Morgan fingerprint density at radius 3 is 0.974 bits per heavy atom. The normalized spacial score (nSPS) is 13.2. The van der Waals surface area contributed by atoms with E-state index in [9.17, 15) is 105 Å². The van der Waals surface area contributed by atoms with Crippen molar-refractivity contribution in [3.63, 3.8) is 0 Å². The minimum absolute atomic E-state index is 0.538. The molecule has 0 amide bonds. The molecule has 0 radical (unpaired) electrons. The van der Waals surface area contributed by atoms with Crippen LogP contribution in [0.1, 0.15) is 50.1 Å². The lowest BCUT2D eigenvalue weighted by Gasteiger charge is -2.46. The maximum atomic E-state index is 14.2. The van der Waals surface area contributed by atoms with Crippen molar-refractivity contribution in [1.29, 1.82) is 0 Å². The monoisotopic (exact) mass is 1160 g/mol. The van der Waals surface area contributed by atoms with Gasteiger partial charge in [-0.25, -0.2) is 4.98 Å². The van der Waals surface area contributed by atoms with E-state index in [1.165, 1.54) is 5.56 Å². The maximum Gasteiger partial charge on any atom is 0.416 e. The zero-order valence-electron chi connectivity index (χ0n) is 37.9. The fourth-order valence-electron chi connectivity index (χ4n) is 8.08. The molecule has 0 unspecified atom stereocenters. The van der Waals surface area contributed by atoms with Gasteiger partial charge in [0.05, 0.1) is 50.7 Å². The van der Waals surface area contributed by atoms with E-state index in [1.807, 2.05) is 53.4 Å². The molecule has 29 heteroatoms. The van der Waals surface area contributed by atoms with Crippen LogP contribution in [0.25, 0.3) is 0 Å². The van der Waals surface area contributed by atoms with E-state index in [0.29, 0.717) is 16.7 Å². The summed E-state index contributed by atoms with van der Waals surface area (Å²) in [4.78, 5) is 4.22. The third-order valence-corrected chi connectivity index (χ3v) is 11.6. The minimum atomic E-state index is -6.13. The number of hydrogen-bond donors (Lipinski definition) is 0. The van der Waals surface area contributed by atoms with Gasteiger partial charge < -0.3 is 4.74 Å². The molecule has 6 aromatic carbocycles. The molecule has 0 bridgehead atoms. The molecule has 416 valence electrons. The molecule has 1 heterocycles. The smallest absolute Gasteiger partial charge is 0.416 e. The van der Waals surface area contributed by atoms with E-state index >= 15 is 0 Å². The predicted molar refractivity (Wildman–Crippen MR) is 232 cm³/mol. The highest BCUT2D eigenvalue weighted by atomic mass is 35.5. The number of aromatic nitrogens is 2. The summed E-state index contributed by atoms with van der Waals surface area (Å²) in [5.74, 6) is 1.21. The highest BCUT2D eigenvalue weighted by Crippen LogP contribution is 2.41. The summed E-state index contributed by atoms with van der Waals surface area (Å²) in [5.41, 5.74) is -29.0. The lowest BCUT2D eigenvalue weighted by atomic mass is 9.12. The molecule has 7 rings (SSSR count). The lowest BCUT2D eigenvalue weighted by molar-refractivity contribution is -0.689. The van der Waals surface area contributed by atoms with Gasteiger partial charge in [-0.1, -0.05) is 96.5 Å². The largest absolute Gasteiger partial charge is 0.434 e. The summed E-state index contributed by atoms with van der Waals surface area (Å²) in [7, 11) is 0. The van der Waals surface area contributed by atoms with Gasteiger partial charge in [-0.3, -0.25) is 0 Å². The first-order valence-corrected chi connectivity index (χ1v) is 21.6. The van der Waals surface area contributed by atoms with E-state index in [-0.39, 0.29) is 0 Å². The number of benzene rings is 6. The molecule has 0 N–H and O–H groups in total. The maximum absolute atomic E-state index is 14.2. The Kier molecular flexibility index (Phi) is 16.4. The molecular formula is C49H26BClF24N2O. The van der Waals surface area contributed by atoms with Gasteiger partial charge >= 0.3 is 49.4 Å². The molecule has 7 aromatic rings. The van der Waals surface area contributed by atoms with Crippen molar-refractivity contribution in [1.82, 2.24) is 4.98 Å². The van der Waals surface area contributed by atoms with E-state index in [1.54, 1.807) is 12.3 Å². The molecule has 0 spiro atoms. The molecule has 3 nitrogen and oxygen atoms in total. The van der Waals surface area contributed by atoms with Crippen LogP contribution in [0.5, 0.6) is 11.6 Å². The van der Waals surface area contributed by atoms with Crippen LogP contribution in [0.2, 0.25) is 5.02 Å². The van der Waals surface area contributed by atoms with Crippen molar-refractivity contribution in [3.05, 3.63) is 201 Å². The number of nitrogens with zero attached hydrogens (tertiary/aromatic N) is 2. The first-order chi connectivity index (χ1) is 35.6. The topological polar surface area (TPSA) is 26.0 Å². The van der Waals surface area contributed by atoms with Crippen molar-refractivity contribution < 1.29 is 115 Å². The van der Waals surface area contributed by atoms with Gasteiger partial charge in [-0.15, -0.1) is 0 Å². The van der Waals surface area contributed by atoms with Crippen LogP contribution in [0.3, 0.4) is 0 Å². The predicted octanol–water partition coefficient (Wildman–Crippen LogP) is 15.1. The van der Waals surface area contributed by atoms with Gasteiger partial charge in [0.2, 0.25) is 6.20 Å². The molecule has 78 heavy (non-hydrogen) atoms. The van der Waals surface area contributed by atoms with Gasteiger partial charge in [0.15, 0.2) is 12.7 Å². The second-order valence-electron chi connectivity index (χ2n) is 16.8. The highest BCUT2D eigenvalue weighted by Gasteiger charge is 2.47. The fourth-order valence-corrected chi connectivity index (χ4v) is 8.26. The summed E-state index contributed by atoms with van der Waals surface area (Å²) < 4.78 is 349. The Bertz CT molecular complexity index is 2830. The molecule has 0 aliphatic heterocycles. The van der Waals surface area contributed by atoms with Crippen LogP contribution >= 0.6 is 11.6 Å². The Morgan fingerprint density at radius 2 is 0.692 bits per heavy atom. The molecule has 0 aliphatic rings. The Hall–Kier alpha value is -7.13. The van der Waals surface area contributed by atoms with Crippen LogP contribution in [-0.4, -0.2) is 11.1 Å². The highest BCUT2D eigenvalue weighted by molar-refractivity contribution is 7.20. The van der Waals surface area contributed by atoms with Crippen molar-refractivity contribution in [2.24, 2.45) is 0 Å². The average molecular weight is 1160 g/mol. The molecule has 0 saturated carbocycles. The average Bonchev–Trinajstić information content (AvgIpc) is 3.30. The van der Waals surface area contributed by atoms with Gasteiger partial charge in [0, 0.05) is 10.6 Å². The Labute approximate surface area is 427 Å².